The summed E-state index contributed by atoms with van der Waals surface area (Å²) in [6.45, 7) is 8.22. The van der Waals surface area contributed by atoms with Crippen LogP contribution in [0.5, 0.6) is 5.75 Å². The molecular weight excluding hydrogens is 342 g/mol. The van der Waals surface area contributed by atoms with Crippen LogP contribution in [0.3, 0.4) is 0 Å². The van der Waals surface area contributed by atoms with Gasteiger partial charge in [0.05, 0.1) is 6.54 Å². The Morgan fingerprint density at radius 3 is 2.15 bits per heavy atom. The zero-order chi connectivity index (χ0) is 19.9. The quantitative estimate of drug-likeness (QED) is 0.664. The van der Waals surface area contributed by atoms with E-state index in [1.165, 1.54) is 6.92 Å². The second-order valence-electron chi connectivity index (χ2n) is 7.32. The van der Waals surface area contributed by atoms with Crippen LogP contribution in [-0.2, 0) is 11.3 Å². The molecule has 5 nitrogen and oxygen atoms in total. The average Bonchev–Trinajstić information content (AvgIpc) is 2.60. The summed E-state index contributed by atoms with van der Waals surface area (Å²) in [5.41, 5.74) is 1.10. The molecule has 0 aromatic heterocycles. The molecular formula is C22H27NO4. The lowest BCUT2D eigenvalue weighted by Gasteiger charge is -2.27. The predicted molar refractivity (Wildman–Crippen MR) is 105 cm³/mol. The Morgan fingerprint density at radius 2 is 1.59 bits per heavy atom. The lowest BCUT2D eigenvalue weighted by Crippen LogP contribution is -2.38. The zero-order valence-corrected chi connectivity index (χ0v) is 16.4. The minimum atomic E-state index is -0.560. The Balaban J connectivity index is 1.98. The first-order valence-corrected chi connectivity index (χ1v) is 9.00. The molecule has 0 spiro atoms. The maximum absolute atomic E-state index is 12.5. The van der Waals surface area contributed by atoms with E-state index in [0.29, 0.717) is 31.0 Å². The van der Waals surface area contributed by atoms with Gasteiger partial charge in [-0.3, -0.25) is 4.79 Å². The van der Waals surface area contributed by atoms with Crippen LogP contribution < -0.4 is 4.74 Å². The van der Waals surface area contributed by atoms with Crippen LogP contribution in [0.1, 0.15) is 43.6 Å². The largest absolute Gasteiger partial charge is 0.492 e. The number of carbonyl (C=O) groups excluding carboxylic acids is 2. The van der Waals surface area contributed by atoms with Crippen molar-refractivity contribution in [2.75, 3.05) is 13.2 Å². The van der Waals surface area contributed by atoms with Gasteiger partial charge in [-0.05, 0) is 57.5 Å². The number of amides is 1. The van der Waals surface area contributed by atoms with Gasteiger partial charge in [0.2, 0.25) is 0 Å². The van der Waals surface area contributed by atoms with Crippen molar-refractivity contribution in [3.8, 4) is 5.75 Å². The van der Waals surface area contributed by atoms with Crippen molar-refractivity contribution in [1.29, 1.82) is 0 Å². The van der Waals surface area contributed by atoms with E-state index < -0.39 is 5.60 Å². The summed E-state index contributed by atoms with van der Waals surface area (Å²) in [5, 5.41) is 0. The molecule has 0 radical (unpaired) electrons. The first-order chi connectivity index (χ1) is 12.7. The Kier molecular flexibility index (Phi) is 6.99. The number of hydrogen-bond acceptors (Lipinski definition) is 4. The third kappa shape index (κ3) is 7.13. The third-order valence-corrected chi connectivity index (χ3v) is 3.76. The molecule has 0 atom stereocenters. The summed E-state index contributed by atoms with van der Waals surface area (Å²) < 4.78 is 11.2. The van der Waals surface area contributed by atoms with Crippen LogP contribution in [0.4, 0.5) is 4.79 Å². The van der Waals surface area contributed by atoms with Gasteiger partial charge in [-0.2, -0.15) is 0 Å². The van der Waals surface area contributed by atoms with Gasteiger partial charge in [0, 0.05) is 12.1 Å². The number of hydrogen-bond donors (Lipinski definition) is 0. The van der Waals surface area contributed by atoms with Crippen LogP contribution >= 0.6 is 0 Å². The molecule has 0 aliphatic heterocycles. The highest BCUT2D eigenvalue weighted by molar-refractivity contribution is 5.94. The molecule has 27 heavy (non-hydrogen) atoms. The van der Waals surface area contributed by atoms with Crippen LogP contribution in [-0.4, -0.2) is 35.5 Å². The van der Waals surface area contributed by atoms with Crippen LogP contribution in [0.15, 0.2) is 54.6 Å². The summed E-state index contributed by atoms with van der Waals surface area (Å²) >= 11 is 0. The van der Waals surface area contributed by atoms with E-state index in [4.69, 9.17) is 9.47 Å². The van der Waals surface area contributed by atoms with E-state index in [1.807, 2.05) is 51.1 Å². The number of benzene rings is 2. The van der Waals surface area contributed by atoms with E-state index in [0.717, 1.165) is 5.56 Å². The number of nitrogens with zero attached hydrogens (tertiary/aromatic N) is 1. The second kappa shape index (κ2) is 9.21. The normalized spacial score (nSPS) is 11.0. The number of ketones is 1. The van der Waals surface area contributed by atoms with Crippen molar-refractivity contribution in [1.82, 2.24) is 4.90 Å². The molecule has 0 bridgehead atoms. The van der Waals surface area contributed by atoms with Crippen molar-refractivity contribution < 1.29 is 19.1 Å². The molecule has 2 rings (SSSR count). The van der Waals surface area contributed by atoms with E-state index in [-0.39, 0.29) is 11.9 Å². The topological polar surface area (TPSA) is 55.8 Å². The summed E-state index contributed by atoms with van der Waals surface area (Å²) in [6.07, 6.45) is -0.373. The number of ether oxygens (including phenoxy) is 2. The van der Waals surface area contributed by atoms with Crippen molar-refractivity contribution in [2.45, 2.75) is 39.8 Å². The molecule has 1 amide bonds. The van der Waals surface area contributed by atoms with Gasteiger partial charge in [0.25, 0.3) is 0 Å². The smallest absolute Gasteiger partial charge is 0.410 e. The lowest BCUT2D eigenvalue weighted by atomic mass is 10.1. The van der Waals surface area contributed by atoms with Gasteiger partial charge in [-0.15, -0.1) is 0 Å². The van der Waals surface area contributed by atoms with Gasteiger partial charge in [0.15, 0.2) is 5.78 Å². The molecule has 0 saturated carbocycles. The second-order valence-corrected chi connectivity index (χ2v) is 7.32. The monoisotopic (exact) mass is 369 g/mol. The van der Waals surface area contributed by atoms with Crippen LogP contribution in [0.2, 0.25) is 0 Å². The molecule has 144 valence electrons. The van der Waals surface area contributed by atoms with Gasteiger partial charge in [-0.25, -0.2) is 4.79 Å². The van der Waals surface area contributed by atoms with Gasteiger partial charge < -0.3 is 14.4 Å². The molecule has 0 unspecified atom stereocenters. The van der Waals surface area contributed by atoms with E-state index in [9.17, 15) is 9.59 Å². The Labute approximate surface area is 160 Å². The zero-order valence-electron chi connectivity index (χ0n) is 16.4. The Hall–Kier alpha value is -2.82. The molecule has 0 aliphatic carbocycles. The van der Waals surface area contributed by atoms with E-state index in [1.54, 1.807) is 29.2 Å². The van der Waals surface area contributed by atoms with Crippen LogP contribution in [0, 0.1) is 0 Å². The standard InChI is InChI=1S/C22H27NO4/c1-17(24)19-10-12-20(13-11-19)26-15-14-23(21(25)27-22(2,3)4)16-18-8-6-5-7-9-18/h5-13H,14-16H2,1-4H3. The molecule has 0 N–H and O–H groups in total. The SMILES string of the molecule is CC(=O)c1ccc(OCCN(Cc2ccccc2)C(=O)OC(C)(C)C)cc1. The first-order valence-electron chi connectivity index (χ1n) is 9.00. The predicted octanol–water partition coefficient (Wildman–Crippen LogP) is 4.71. The fourth-order valence-electron chi connectivity index (χ4n) is 2.42. The lowest BCUT2D eigenvalue weighted by molar-refractivity contribution is 0.0209. The van der Waals surface area contributed by atoms with Crippen molar-refractivity contribution in [3.05, 3.63) is 65.7 Å². The highest BCUT2D eigenvalue weighted by Crippen LogP contribution is 2.15. The minimum absolute atomic E-state index is 0.0144. The molecule has 0 saturated heterocycles. The molecule has 0 aliphatic rings. The number of carbonyl (C=O) groups is 2. The summed E-state index contributed by atoms with van der Waals surface area (Å²) in [6, 6.07) is 16.7. The summed E-state index contributed by atoms with van der Waals surface area (Å²) in [7, 11) is 0. The molecule has 2 aromatic carbocycles. The van der Waals surface area contributed by atoms with Crippen molar-refractivity contribution in [2.24, 2.45) is 0 Å². The van der Waals surface area contributed by atoms with Gasteiger partial charge in [0.1, 0.15) is 18.0 Å². The minimum Gasteiger partial charge on any atom is -0.492 e. The molecule has 0 fully saturated rings. The summed E-state index contributed by atoms with van der Waals surface area (Å²) in [4.78, 5) is 25.5. The Bertz CT molecular complexity index is 748. The highest BCUT2D eigenvalue weighted by Gasteiger charge is 2.22. The van der Waals surface area contributed by atoms with Gasteiger partial charge >= 0.3 is 6.09 Å². The fourth-order valence-corrected chi connectivity index (χ4v) is 2.42. The maximum Gasteiger partial charge on any atom is 0.410 e. The van der Waals surface area contributed by atoms with Crippen molar-refractivity contribution >= 4 is 11.9 Å². The van der Waals surface area contributed by atoms with Crippen molar-refractivity contribution in [3.63, 3.8) is 0 Å². The highest BCUT2D eigenvalue weighted by atomic mass is 16.6. The van der Waals surface area contributed by atoms with Crippen LogP contribution in [0.25, 0.3) is 0 Å². The first kappa shape index (κ1) is 20.5. The molecule has 0 heterocycles. The average molecular weight is 369 g/mol. The molecule has 2 aromatic rings. The van der Waals surface area contributed by atoms with Gasteiger partial charge in [-0.1, -0.05) is 30.3 Å². The van der Waals surface area contributed by atoms with E-state index >= 15 is 0 Å². The maximum atomic E-state index is 12.5. The molecule has 5 heteroatoms. The number of Topliss-reactive ketones (excluding diaryl/α,β-unsaturated/α-hetero) is 1. The fraction of sp³-hybridized carbons (Fsp3) is 0.364. The third-order valence-electron chi connectivity index (χ3n) is 3.76. The Morgan fingerprint density at radius 1 is 0.963 bits per heavy atom. The van der Waals surface area contributed by atoms with E-state index in [2.05, 4.69) is 0 Å². The number of rotatable bonds is 7. The summed E-state index contributed by atoms with van der Waals surface area (Å²) in [5.74, 6) is 0.671.